The van der Waals surface area contributed by atoms with E-state index in [1.165, 1.54) is 13.0 Å². The van der Waals surface area contributed by atoms with Gasteiger partial charge in [0.1, 0.15) is 12.4 Å². The Hall–Kier alpha value is -2.47. The second-order valence-electron chi connectivity index (χ2n) is 4.98. The third-order valence-corrected chi connectivity index (χ3v) is 3.04. The number of carbonyl (C=O) groups is 1. The summed E-state index contributed by atoms with van der Waals surface area (Å²) < 4.78 is 31.1. The van der Waals surface area contributed by atoms with Crippen LogP contribution in [0.15, 0.2) is 42.5 Å². The Labute approximate surface area is 133 Å². The van der Waals surface area contributed by atoms with Crippen LogP contribution in [0, 0.1) is 11.6 Å². The molecule has 2 N–H and O–H groups in total. The summed E-state index contributed by atoms with van der Waals surface area (Å²) in [4.78, 5) is 10.9. The van der Waals surface area contributed by atoms with Gasteiger partial charge in [0, 0.05) is 31.8 Å². The highest BCUT2D eigenvalue weighted by atomic mass is 19.2. The average Bonchev–Trinajstić information content (AvgIpc) is 2.51. The summed E-state index contributed by atoms with van der Waals surface area (Å²) in [5, 5.41) is 5.88. The van der Waals surface area contributed by atoms with Gasteiger partial charge in [-0.05, 0) is 29.8 Å². The predicted octanol–water partition coefficient (Wildman–Crippen LogP) is 3.09. The van der Waals surface area contributed by atoms with E-state index in [4.69, 9.17) is 4.74 Å². The largest absolute Gasteiger partial charge is 0.492 e. The molecule has 2 rings (SSSR count). The number of benzene rings is 2. The number of ether oxygens (including phenoxy) is 1. The highest BCUT2D eigenvalue weighted by Gasteiger charge is 2.03. The molecule has 0 spiro atoms. The van der Waals surface area contributed by atoms with E-state index in [1.54, 1.807) is 0 Å². The topological polar surface area (TPSA) is 50.4 Å². The minimum absolute atomic E-state index is 0.106. The van der Waals surface area contributed by atoms with E-state index in [0.717, 1.165) is 23.4 Å². The molecule has 1 amide bonds. The quantitative estimate of drug-likeness (QED) is 0.771. The van der Waals surface area contributed by atoms with Gasteiger partial charge in [-0.25, -0.2) is 8.78 Å². The monoisotopic (exact) mass is 320 g/mol. The Morgan fingerprint density at radius 1 is 1.09 bits per heavy atom. The van der Waals surface area contributed by atoms with Crippen LogP contribution in [0.5, 0.6) is 5.75 Å². The van der Waals surface area contributed by atoms with Crippen molar-refractivity contribution < 1.29 is 18.3 Å². The summed E-state index contributed by atoms with van der Waals surface area (Å²) in [6, 6.07) is 10.9. The van der Waals surface area contributed by atoms with Crippen LogP contribution in [-0.4, -0.2) is 19.1 Å². The van der Waals surface area contributed by atoms with E-state index in [2.05, 4.69) is 10.6 Å². The van der Waals surface area contributed by atoms with Gasteiger partial charge in [0.15, 0.2) is 11.6 Å². The Kier molecular flexibility index (Phi) is 6.05. The summed E-state index contributed by atoms with van der Waals surface area (Å²) >= 11 is 0. The van der Waals surface area contributed by atoms with E-state index in [0.29, 0.717) is 25.4 Å². The van der Waals surface area contributed by atoms with Gasteiger partial charge in [0.25, 0.3) is 0 Å². The van der Waals surface area contributed by atoms with Gasteiger partial charge < -0.3 is 15.4 Å². The molecule has 0 aromatic heterocycles. The van der Waals surface area contributed by atoms with Crippen LogP contribution < -0.4 is 15.4 Å². The van der Waals surface area contributed by atoms with Crippen molar-refractivity contribution in [3.8, 4) is 5.75 Å². The molecule has 122 valence electrons. The number of nitrogens with one attached hydrogen (secondary N) is 2. The molecule has 0 fully saturated rings. The molecule has 2 aromatic rings. The van der Waals surface area contributed by atoms with Gasteiger partial charge in [0.05, 0.1) is 0 Å². The van der Waals surface area contributed by atoms with Crippen LogP contribution >= 0.6 is 0 Å². The van der Waals surface area contributed by atoms with Crippen LogP contribution in [0.3, 0.4) is 0 Å². The molecule has 0 aliphatic carbocycles. The van der Waals surface area contributed by atoms with Crippen molar-refractivity contribution in [2.45, 2.75) is 13.5 Å². The Bertz CT molecular complexity index is 660. The molecule has 0 saturated carbocycles. The lowest BCUT2D eigenvalue weighted by Crippen LogP contribution is -2.20. The third-order valence-electron chi connectivity index (χ3n) is 3.04. The summed E-state index contributed by atoms with van der Waals surface area (Å²) in [7, 11) is 0. The van der Waals surface area contributed by atoms with Crippen molar-refractivity contribution in [3.05, 3.63) is 59.7 Å². The Balaban J connectivity index is 1.68. The zero-order chi connectivity index (χ0) is 16.7. The molecule has 0 aliphatic rings. The van der Waals surface area contributed by atoms with E-state index in [-0.39, 0.29) is 5.91 Å². The Morgan fingerprint density at radius 2 is 1.83 bits per heavy atom. The number of hydrogen-bond acceptors (Lipinski definition) is 3. The molecule has 0 atom stereocenters. The molecule has 23 heavy (non-hydrogen) atoms. The lowest BCUT2D eigenvalue weighted by atomic mass is 10.2. The predicted molar refractivity (Wildman–Crippen MR) is 84.3 cm³/mol. The molecule has 6 heteroatoms. The van der Waals surface area contributed by atoms with Crippen LogP contribution in [-0.2, 0) is 11.3 Å². The highest BCUT2D eigenvalue weighted by molar-refractivity contribution is 5.88. The molecular formula is C17H18F2N2O2. The maximum absolute atomic E-state index is 13.0. The first-order valence-electron chi connectivity index (χ1n) is 7.19. The highest BCUT2D eigenvalue weighted by Crippen LogP contribution is 2.15. The molecule has 0 bridgehead atoms. The van der Waals surface area contributed by atoms with Crippen LogP contribution in [0.2, 0.25) is 0 Å². The standard InChI is InChI=1S/C17H18F2N2O2/c1-12(22)21-14-4-2-13(3-5-14)11-20-8-9-23-15-6-7-16(18)17(19)10-15/h2-7,10,20H,8-9,11H2,1H3,(H,21,22). The number of halogens is 2. The normalized spacial score (nSPS) is 10.4. The molecule has 0 aliphatic heterocycles. The number of hydrogen-bond donors (Lipinski definition) is 2. The van der Waals surface area contributed by atoms with Crippen LogP contribution in [0.4, 0.5) is 14.5 Å². The minimum Gasteiger partial charge on any atom is -0.492 e. The summed E-state index contributed by atoms with van der Waals surface area (Å²) in [5.41, 5.74) is 1.81. The van der Waals surface area contributed by atoms with E-state index in [9.17, 15) is 13.6 Å². The molecule has 4 nitrogen and oxygen atoms in total. The molecule has 0 unspecified atom stereocenters. The third kappa shape index (κ3) is 5.67. The van der Waals surface area contributed by atoms with Crippen molar-refractivity contribution in [1.82, 2.24) is 5.32 Å². The van der Waals surface area contributed by atoms with Gasteiger partial charge in [-0.3, -0.25) is 4.79 Å². The SMILES string of the molecule is CC(=O)Nc1ccc(CNCCOc2ccc(F)c(F)c2)cc1. The number of rotatable bonds is 7. The average molecular weight is 320 g/mol. The first kappa shape index (κ1) is 16.9. The van der Waals surface area contributed by atoms with Crippen molar-refractivity contribution in [2.24, 2.45) is 0 Å². The molecule has 0 radical (unpaired) electrons. The Morgan fingerprint density at radius 3 is 2.48 bits per heavy atom. The first-order chi connectivity index (χ1) is 11.0. The fourth-order valence-corrected chi connectivity index (χ4v) is 1.95. The summed E-state index contributed by atoms with van der Waals surface area (Å²) in [6.07, 6.45) is 0. The van der Waals surface area contributed by atoms with Gasteiger partial charge in [-0.15, -0.1) is 0 Å². The van der Waals surface area contributed by atoms with Crippen molar-refractivity contribution >= 4 is 11.6 Å². The summed E-state index contributed by atoms with van der Waals surface area (Å²) in [5.74, 6) is -1.62. The van der Waals surface area contributed by atoms with Gasteiger partial charge in [-0.1, -0.05) is 12.1 Å². The second-order valence-corrected chi connectivity index (χ2v) is 4.98. The number of amides is 1. The van der Waals surface area contributed by atoms with Crippen LogP contribution in [0.25, 0.3) is 0 Å². The minimum atomic E-state index is -0.922. The van der Waals surface area contributed by atoms with Gasteiger partial charge in [0.2, 0.25) is 5.91 Å². The van der Waals surface area contributed by atoms with Crippen molar-refractivity contribution in [2.75, 3.05) is 18.5 Å². The van der Waals surface area contributed by atoms with Crippen molar-refractivity contribution in [3.63, 3.8) is 0 Å². The van der Waals surface area contributed by atoms with Gasteiger partial charge in [-0.2, -0.15) is 0 Å². The molecular weight excluding hydrogens is 302 g/mol. The maximum atomic E-state index is 13.0. The fourth-order valence-electron chi connectivity index (χ4n) is 1.95. The van der Waals surface area contributed by atoms with E-state index in [1.807, 2.05) is 24.3 Å². The molecule has 0 saturated heterocycles. The molecule has 0 heterocycles. The smallest absolute Gasteiger partial charge is 0.221 e. The lowest BCUT2D eigenvalue weighted by molar-refractivity contribution is -0.114. The first-order valence-corrected chi connectivity index (χ1v) is 7.19. The van der Waals surface area contributed by atoms with Gasteiger partial charge >= 0.3 is 0 Å². The van der Waals surface area contributed by atoms with Crippen LogP contribution in [0.1, 0.15) is 12.5 Å². The number of carbonyl (C=O) groups excluding carboxylic acids is 1. The van der Waals surface area contributed by atoms with E-state index < -0.39 is 11.6 Å². The molecule has 2 aromatic carbocycles. The fraction of sp³-hybridized carbons (Fsp3) is 0.235. The number of anilines is 1. The van der Waals surface area contributed by atoms with Crippen molar-refractivity contribution in [1.29, 1.82) is 0 Å². The van der Waals surface area contributed by atoms with E-state index >= 15 is 0 Å². The zero-order valence-electron chi connectivity index (χ0n) is 12.7. The lowest BCUT2D eigenvalue weighted by Gasteiger charge is -2.08. The zero-order valence-corrected chi connectivity index (χ0v) is 12.7. The summed E-state index contributed by atoms with van der Waals surface area (Å²) in [6.45, 7) is 3.01. The maximum Gasteiger partial charge on any atom is 0.221 e. The second kappa shape index (κ2) is 8.24.